The van der Waals surface area contributed by atoms with E-state index in [1.54, 1.807) is 0 Å². The van der Waals surface area contributed by atoms with Gasteiger partial charge >= 0.3 is 0 Å². The molecule has 33 heavy (non-hydrogen) atoms. The number of hydrogen-bond donors (Lipinski definition) is 2. The third-order valence-corrected chi connectivity index (χ3v) is 6.55. The molecule has 3 aromatic rings. The molecule has 2 N–H and O–H groups in total. The Balaban J connectivity index is 1.26. The van der Waals surface area contributed by atoms with Gasteiger partial charge in [0, 0.05) is 37.3 Å². The predicted molar refractivity (Wildman–Crippen MR) is 130 cm³/mol. The molecule has 2 heterocycles. The quantitative estimate of drug-likeness (QED) is 0.571. The van der Waals surface area contributed by atoms with Gasteiger partial charge in [0.05, 0.1) is 5.69 Å². The number of carbonyl (C=O) groups is 2. The molecular weight excluding hydrogens is 412 g/mol. The van der Waals surface area contributed by atoms with Crippen LogP contribution in [0.1, 0.15) is 46.6 Å². The van der Waals surface area contributed by atoms with Crippen LogP contribution >= 0.6 is 0 Å². The number of rotatable bonds is 7. The van der Waals surface area contributed by atoms with Crippen molar-refractivity contribution in [1.29, 1.82) is 0 Å². The Morgan fingerprint density at radius 3 is 2.48 bits per heavy atom. The third-order valence-electron chi connectivity index (χ3n) is 6.55. The molecule has 1 aliphatic rings. The molecule has 1 aliphatic heterocycles. The number of piperidine rings is 1. The minimum absolute atomic E-state index is 0.0658. The van der Waals surface area contributed by atoms with Crippen molar-refractivity contribution in [3.8, 4) is 11.1 Å². The fourth-order valence-electron chi connectivity index (χ4n) is 4.57. The zero-order valence-corrected chi connectivity index (χ0v) is 19.4. The van der Waals surface area contributed by atoms with Crippen LogP contribution in [-0.4, -0.2) is 46.5 Å². The smallest absolute Gasteiger partial charge is 0.251 e. The van der Waals surface area contributed by atoms with Crippen molar-refractivity contribution in [3.05, 3.63) is 77.1 Å². The normalized spacial score (nSPS) is 15.9. The molecule has 0 unspecified atom stereocenters. The minimum atomic E-state index is -0.0658. The maximum atomic E-state index is 12.8. The largest absolute Gasteiger partial charge is 0.352 e. The molecule has 0 saturated carbocycles. The van der Waals surface area contributed by atoms with Gasteiger partial charge in [-0.15, -0.1) is 0 Å². The lowest BCUT2D eigenvalue weighted by molar-refractivity contribution is -0.132. The molecule has 0 spiro atoms. The van der Waals surface area contributed by atoms with E-state index >= 15 is 0 Å². The summed E-state index contributed by atoms with van der Waals surface area (Å²) in [5.41, 5.74) is 6.03. The predicted octanol–water partition coefficient (Wildman–Crippen LogP) is 4.29. The van der Waals surface area contributed by atoms with E-state index in [2.05, 4.69) is 27.6 Å². The van der Waals surface area contributed by atoms with E-state index in [4.69, 9.17) is 0 Å². The highest BCUT2D eigenvalue weighted by atomic mass is 16.2. The topological polar surface area (TPSA) is 78.1 Å². The van der Waals surface area contributed by atoms with Crippen molar-refractivity contribution in [2.45, 2.75) is 39.5 Å². The number of likely N-dealkylation sites (tertiary alicyclic amines) is 1. The number of aromatic nitrogens is 2. The van der Waals surface area contributed by atoms with Crippen LogP contribution in [0.2, 0.25) is 0 Å². The van der Waals surface area contributed by atoms with E-state index in [9.17, 15) is 9.59 Å². The fraction of sp³-hybridized carbons (Fsp3) is 0.370. The second-order valence-corrected chi connectivity index (χ2v) is 8.91. The molecule has 1 fully saturated rings. The molecule has 172 valence electrons. The molecule has 6 heteroatoms. The van der Waals surface area contributed by atoms with Gasteiger partial charge in [-0.05, 0) is 67.9 Å². The van der Waals surface area contributed by atoms with Crippen molar-refractivity contribution in [2.24, 2.45) is 5.92 Å². The third kappa shape index (κ3) is 5.69. The number of aromatic amines is 1. The second kappa shape index (κ2) is 10.5. The zero-order valence-electron chi connectivity index (χ0n) is 19.4. The van der Waals surface area contributed by atoms with E-state index in [0.717, 1.165) is 47.5 Å². The SMILES string of the molecule is Cc1n[nH]c(C)c1CCC(=O)N1CCC[C@@H](CNC(=O)c2ccc(-c3ccccc3)cc2)C1. The van der Waals surface area contributed by atoms with Crippen LogP contribution in [0.15, 0.2) is 54.6 Å². The number of H-pyrrole nitrogens is 1. The summed E-state index contributed by atoms with van der Waals surface area (Å²) in [5.74, 6) is 0.402. The fourth-order valence-corrected chi connectivity index (χ4v) is 4.57. The molecule has 0 bridgehead atoms. The number of nitrogens with one attached hydrogen (secondary N) is 2. The summed E-state index contributed by atoms with van der Waals surface area (Å²) < 4.78 is 0. The zero-order chi connectivity index (χ0) is 23.2. The average Bonchev–Trinajstić information content (AvgIpc) is 3.18. The monoisotopic (exact) mass is 444 g/mol. The molecule has 0 aliphatic carbocycles. The van der Waals surface area contributed by atoms with Gasteiger partial charge in [0.25, 0.3) is 5.91 Å². The Kier molecular flexibility index (Phi) is 7.23. The van der Waals surface area contributed by atoms with E-state index in [1.807, 2.05) is 61.2 Å². The number of nitrogens with zero attached hydrogens (tertiary/aromatic N) is 2. The number of hydrogen-bond acceptors (Lipinski definition) is 3. The molecule has 2 amide bonds. The first-order valence-corrected chi connectivity index (χ1v) is 11.7. The van der Waals surface area contributed by atoms with Crippen LogP contribution in [0, 0.1) is 19.8 Å². The maximum absolute atomic E-state index is 12.8. The van der Waals surface area contributed by atoms with Crippen molar-refractivity contribution in [1.82, 2.24) is 20.4 Å². The van der Waals surface area contributed by atoms with Gasteiger partial charge in [-0.25, -0.2) is 0 Å². The van der Waals surface area contributed by atoms with Gasteiger partial charge in [-0.3, -0.25) is 14.7 Å². The maximum Gasteiger partial charge on any atom is 0.251 e. The second-order valence-electron chi connectivity index (χ2n) is 8.91. The van der Waals surface area contributed by atoms with E-state index in [0.29, 0.717) is 31.5 Å². The Morgan fingerprint density at radius 1 is 1.06 bits per heavy atom. The highest BCUT2D eigenvalue weighted by molar-refractivity contribution is 5.94. The highest BCUT2D eigenvalue weighted by Gasteiger charge is 2.24. The molecule has 0 radical (unpaired) electrons. The van der Waals surface area contributed by atoms with Crippen LogP contribution < -0.4 is 5.32 Å². The van der Waals surface area contributed by atoms with Crippen molar-refractivity contribution in [2.75, 3.05) is 19.6 Å². The first kappa shape index (κ1) is 22.8. The summed E-state index contributed by atoms with van der Waals surface area (Å²) in [6.45, 7) is 6.05. The van der Waals surface area contributed by atoms with Crippen LogP contribution in [-0.2, 0) is 11.2 Å². The Hall–Kier alpha value is -3.41. The number of aryl methyl sites for hydroxylation is 2. The van der Waals surface area contributed by atoms with Gasteiger partial charge < -0.3 is 10.2 Å². The van der Waals surface area contributed by atoms with Crippen LogP contribution in [0.25, 0.3) is 11.1 Å². The lowest BCUT2D eigenvalue weighted by Crippen LogP contribution is -2.43. The summed E-state index contributed by atoms with van der Waals surface area (Å²) in [6.07, 6.45) is 3.21. The van der Waals surface area contributed by atoms with Gasteiger partial charge in [-0.1, -0.05) is 42.5 Å². The standard InChI is InChI=1S/C27H32N4O2/c1-19-25(20(2)30-29-19)14-15-26(32)31-16-6-7-21(18-31)17-28-27(33)24-12-10-23(11-13-24)22-8-4-3-5-9-22/h3-5,8-13,21H,6-7,14-18H2,1-2H3,(H,28,33)(H,29,30)/t21-/m0/s1. The minimum Gasteiger partial charge on any atom is -0.352 e. The Labute approximate surface area is 195 Å². The summed E-state index contributed by atoms with van der Waals surface area (Å²) in [4.78, 5) is 27.4. The van der Waals surface area contributed by atoms with Crippen LogP contribution in [0.5, 0.6) is 0 Å². The summed E-state index contributed by atoms with van der Waals surface area (Å²) >= 11 is 0. The van der Waals surface area contributed by atoms with Crippen molar-refractivity contribution < 1.29 is 9.59 Å². The van der Waals surface area contributed by atoms with Gasteiger partial charge in [-0.2, -0.15) is 5.10 Å². The van der Waals surface area contributed by atoms with E-state index < -0.39 is 0 Å². The van der Waals surface area contributed by atoms with E-state index in [1.165, 1.54) is 0 Å². The van der Waals surface area contributed by atoms with Crippen LogP contribution in [0.3, 0.4) is 0 Å². The number of amides is 2. The first-order valence-electron chi connectivity index (χ1n) is 11.7. The van der Waals surface area contributed by atoms with Gasteiger partial charge in [0.1, 0.15) is 0 Å². The number of benzene rings is 2. The summed E-state index contributed by atoms with van der Waals surface area (Å²) in [5, 5.41) is 10.3. The molecule has 1 atom stereocenters. The van der Waals surface area contributed by atoms with Crippen molar-refractivity contribution in [3.63, 3.8) is 0 Å². The highest BCUT2D eigenvalue weighted by Crippen LogP contribution is 2.20. The lowest BCUT2D eigenvalue weighted by atomic mass is 9.97. The average molecular weight is 445 g/mol. The lowest BCUT2D eigenvalue weighted by Gasteiger charge is -2.33. The molecule has 2 aromatic carbocycles. The Bertz CT molecular complexity index is 1070. The first-order chi connectivity index (χ1) is 16.0. The molecule has 1 aromatic heterocycles. The number of carbonyl (C=O) groups excluding carboxylic acids is 2. The van der Waals surface area contributed by atoms with E-state index in [-0.39, 0.29) is 17.7 Å². The van der Waals surface area contributed by atoms with Crippen molar-refractivity contribution >= 4 is 11.8 Å². The van der Waals surface area contributed by atoms with Gasteiger partial charge in [0.2, 0.25) is 5.91 Å². The Morgan fingerprint density at radius 2 is 1.79 bits per heavy atom. The van der Waals surface area contributed by atoms with Gasteiger partial charge in [0.15, 0.2) is 0 Å². The molecule has 6 nitrogen and oxygen atoms in total. The molecule has 4 rings (SSSR count). The summed E-state index contributed by atoms with van der Waals surface area (Å²) in [6, 6.07) is 17.8. The molecule has 1 saturated heterocycles. The summed E-state index contributed by atoms with van der Waals surface area (Å²) in [7, 11) is 0. The molecular formula is C27H32N4O2. The van der Waals surface area contributed by atoms with Crippen LogP contribution in [0.4, 0.5) is 0 Å².